The van der Waals surface area contributed by atoms with Crippen LogP contribution in [-0.4, -0.2) is 29.0 Å². The highest BCUT2D eigenvalue weighted by Gasteiger charge is 2.24. The zero-order chi connectivity index (χ0) is 14.6. The number of phenolic OH excluding ortho intramolecular Hbond substituents is 1. The first-order valence-corrected chi connectivity index (χ1v) is 7.23. The Morgan fingerprint density at radius 2 is 1.68 bits per heavy atom. The summed E-state index contributed by atoms with van der Waals surface area (Å²) in [5.41, 5.74) is -0.0268. The number of rotatable bonds is 5. The fraction of sp³-hybridized carbons (Fsp3) is 0.462. The van der Waals surface area contributed by atoms with Crippen molar-refractivity contribution in [2.45, 2.75) is 26.7 Å². The molecule has 0 atom stereocenters. The Kier molecular flexibility index (Phi) is 6.24. The highest BCUT2D eigenvalue weighted by atomic mass is 35.5. The topological polar surface area (TPSA) is 40.5 Å². The van der Waals surface area contributed by atoms with Gasteiger partial charge in [0.1, 0.15) is 11.3 Å². The Morgan fingerprint density at radius 1 is 1.16 bits per heavy atom. The molecule has 0 spiro atoms. The zero-order valence-corrected chi connectivity index (χ0v) is 13.1. The lowest BCUT2D eigenvalue weighted by Crippen LogP contribution is -2.32. The number of carbonyl (C=O) groups excluding carboxylic acids is 1. The number of benzene rings is 1. The number of amides is 1. The second-order valence-electron chi connectivity index (χ2n) is 4.17. The number of hydrogen-bond donors (Lipinski definition) is 1. The van der Waals surface area contributed by atoms with Crippen LogP contribution in [0.5, 0.6) is 5.75 Å². The molecule has 1 aromatic carbocycles. The van der Waals surface area contributed by atoms with Gasteiger partial charge in [-0.3, -0.25) is 4.79 Å². The third kappa shape index (κ3) is 3.68. The van der Waals surface area contributed by atoms with E-state index in [4.69, 9.17) is 34.8 Å². The van der Waals surface area contributed by atoms with E-state index in [0.29, 0.717) is 13.1 Å². The van der Waals surface area contributed by atoms with Crippen LogP contribution in [0.2, 0.25) is 15.1 Å². The molecule has 0 aliphatic rings. The van der Waals surface area contributed by atoms with Crippen LogP contribution in [0.4, 0.5) is 0 Å². The first-order chi connectivity index (χ1) is 8.93. The SMILES string of the molecule is CCCN(CCC)C(=O)c1c(O)c(Cl)cc(Cl)c1Cl. The molecule has 0 radical (unpaired) electrons. The highest BCUT2D eigenvalue weighted by molar-refractivity contribution is 6.45. The van der Waals surface area contributed by atoms with E-state index in [2.05, 4.69) is 0 Å². The molecule has 1 rings (SSSR count). The number of halogens is 3. The molecule has 0 aromatic heterocycles. The molecule has 0 saturated heterocycles. The predicted molar refractivity (Wildman–Crippen MR) is 79.6 cm³/mol. The Labute approximate surface area is 128 Å². The average molecular weight is 325 g/mol. The summed E-state index contributed by atoms with van der Waals surface area (Å²) in [5.74, 6) is -0.672. The molecule has 1 N–H and O–H groups in total. The second kappa shape index (κ2) is 7.22. The number of phenols is 1. The van der Waals surface area contributed by atoms with E-state index in [1.54, 1.807) is 4.90 Å². The van der Waals surface area contributed by atoms with Crippen LogP contribution in [0.3, 0.4) is 0 Å². The minimum absolute atomic E-state index is 0.0192. The molecule has 0 saturated carbocycles. The quantitative estimate of drug-likeness (QED) is 0.803. The summed E-state index contributed by atoms with van der Waals surface area (Å²) in [6.45, 7) is 5.13. The van der Waals surface area contributed by atoms with Gasteiger partial charge in [-0.15, -0.1) is 0 Å². The summed E-state index contributed by atoms with van der Waals surface area (Å²) >= 11 is 17.7. The molecule has 6 heteroatoms. The Bertz CT molecular complexity index is 445. The van der Waals surface area contributed by atoms with Gasteiger partial charge in [0.15, 0.2) is 0 Å². The number of nitrogens with zero attached hydrogens (tertiary/aromatic N) is 1. The number of carbonyl (C=O) groups is 1. The summed E-state index contributed by atoms with van der Waals surface area (Å²) in [4.78, 5) is 14.1. The van der Waals surface area contributed by atoms with Crippen LogP contribution in [0.25, 0.3) is 0 Å². The third-order valence-corrected chi connectivity index (χ3v) is 3.71. The summed E-state index contributed by atoms with van der Waals surface area (Å²) in [5, 5.41) is 10.1. The molecule has 0 fully saturated rings. The largest absolute Gasteiger partial charge is 0.505 e. The van der Waals surface area contributed by atoms with Crippen molar-refractivity contribution in [1.82, 2.24) is 4.90 Å². The van der Waals surface area contributed by atoms with E-state index >= 15 is 0 Å². The lowest BCUT2D eigenvalue weighted by Gasteiger charge is -2.23. The molecule has 106 valence electrons. The van der Waals surface area contributed by atoms with Crippen molar-refractivity contribution < 1.29 is 9.90 Å². The lowest BCUT2D eigenvalue weighted by molar-refractivity contribution is 0.0752. The summed E-state index contributed by atoms with van der Waals surface area (Å²) in [7, 11) is 0. The molecule has 0 heterocycles. The maximum Gasteiger partial charge on any atom is 0.259 e. The molecule has 1 amide bonds. The van der Waals surface area contributed by atoms with Gasteiger partial charge in [0, 0.05) is 13.1 Å². The Morgan fingerprint density at radius 3 is 2.16 bits per heavy atom. The standard InChI is InChI=1S/C13H16Cl3NO2/c1-3-5-17(6-4-2)13(19)10-11(16)8(14)7-9(15)12(10)18/h7,18H,3-6H2,1-2H3. The van der Waals surface area contributed by atoms with Gasteiger partial charge in [-0.25, -0.2) is 0 Å². The van der Waals surface area contributed by atoms with Crippen LogP contribution in [-0.2, 0) is 0 Å². The van der Waals surface area contributed by atoms with Gasteiger partial charge in [-0.05, 0) is 18.9 Å². The fourth-order valence-corrected chi connectivity index (χ4v) is 2.48. The summed E-state index contributed by atoms with van der Waals surface area (Å²) < 4.78 is 0. The fourth-order valence-electron chi connectivity index (χ4n) is 1.79. The smallest absolute Gasteiger partial charge is 0.259 e. The lowest BCUT2D eigenvalue weighted by atomic mass is 10.1. The Hall–Kier alpha value is -0.640. The molecule has 0 unspecified atom stereocenters. The van der Waals surface area contributed by atoms with Crippen LogP contribution >= 0.6 is 34.8 Å². The summed E-state index contributed by atoms with van der Waals surface area (Å²) in [6.07, 6.45) is 1.64. The first-order valence-electron chi connectivity index (χ1n) is 6.09. The Balaban J connectivity index is 3.24. The van der Waals surface area contributed by atoms with E-state index in [1.807, 2.05) is 13.8 Å². The van der Waals surface area contributed by atoms with Gasteiger partial charge in [0.2, 0.25) is 0 Å². The highest BCUT2D eigenvalue weighted by Crippen LogP contribution is 2.39. The van der Waals surface area contributed by atoms with Crippen LogP contribution < -0.4 is 0 Å². The monoisotopic (exact) mass is 323 g/mol. The number of aromatic hydroxyl groups is 1. The van der Waals surface area contributed by atoms with Crippen molar-refractivity contribution >= 4 is 40.7 Å². The minimum atomic E-state index is -0.351. The molecule has 0 aliphatic heterocycles. The van der Waals surface area contributed by atoms with Crippen molar-refractivity contribution in [3.8, 4) is 5.75 Å². The molecular formula is C13H16Cl3NO2. The van der Waals surface area contributed by atoms with Crippen molar-refractivity contribution in [1.29, 1.82) is 0 Å². The maximum atomic E-state index is 12.4. The van der Waals surface area contributed by atoms with Crippen LogP contribution in [0.1, 0.15) is 37.0 Å². The van der Waals surface area contributed by atoms with Gasteiger partial charge in [-0.1, -0.05) is 48.7 Å². The maximum absolute atomic E-state index is 12.4. The third-order valence-electron chi connectivity index (χ3n) is 2.63. The van der Waals surface area contributed by atoms with Gasteiger partial charge in [0.25, 0.3) is 5.91 Å². The molecule has 0 aliphatic carbocycles. The van der Waals surface area contributed by atoms with Gasteiger partial charge < -0.3 is 10.0 Å². The molecule has 19 heavy (non-hydrogen) atoms. The minimum Gasteiger partial charge on any atom is -0.505 e. The molecule has 1 aromatic rings. The first kappa shape index (κ1) is 16.4. The molecule has 3 nitrogen and oxygen atoms in total. The summed E-state index contributed by atoms with van der Waals surface area (Å²) in [6, 6.07) is 1.32. The van der Waals surface area contributed by atoms with Gasteiger partial charge >= 0.3 is 0 Å². The van der Waals surface area contributed by atoms with Gasteiger partial charge in [-0.2, -0.15) is 0 Å². The van der Waals surface area contributed by atoms with Crippen LogP contribution in [0.15, 0.2) is 6.07 Å². The van der Waals surface area contributed by atoms with E-state index in [-0.39, 0.29) is 32.3 Å². The van der Waals surface area contributed by atoms with Gasteiger partial charge in [0.05, 0.1) is 15.1 Å². The van der Waals surface area contributed by atoms with Crippen molar-refractivity contribution in [2.75, 3.05) is 13.1 Å². The zero-order valence-electron chi connectivity index (χ0n) is 10.8. The van der Waals surface area contributed by atoms with E-state index in [9.17, 15) is 9.90 Å². The second-order valence-corrected chi connectivity index (χ2v) is 5.36. The average Bonchev–Trinajstić information content (AvgIpc) is 2.36. The van der Waals surface area contributed by atoms with Crippen molar-refractivity contribution in [3.63, 3.8) is 0 Å². The van der Waals surface area contributed by atoms with Crippen molar-refractivity contribution in [2.24, 2.45) is 0 Å². The number of hydrogen-bond acceptors (Lipinski definition) is 2. The predicted octanol–water partition coefficient (Wildman–Crippen LogP) is 4.61. The van der Waals surface area contributed by atoms with E-state index in [1.165, 1.54) is 6.07 Å². The molecular weight excluding hydrogens is 309 g/mol. The van der Waals surface area contributed by atoms with Crippen LogP contribution in [0, 0.1) is 0 Å². The normalized spacial score (nSPS) is 10.6. The van der Waals surface area contributed by atoms with Crippen molar-refractivity contribution in [3.05, 3.63) is 26.7 Å². The van der Waals surface area contributed by atoms with E-state index in [0.717, 1.165) is 12.8 Å². The van der Waals surface area contributed by atoms with E-state index < -0.39 is 0 Å². The molecule has 0 bridgehead atoms.